The van der Waals surface area contributed by atoms with Crippen LogP contribution in [0.3, 0.4) is 0 Å². The van der Waals surface area contributed by atoms with Crippen molar-refractivity contribution in [2.45, 2.75) is 10.6 Å². The Kier molecular flexibility index (Phi) is 2.41. The van der Waals surface area contributed by atoms with Crippen molar-refractivity contribution in [3.8, 4) is 0 Å². The topological polar surface area (TPSA) is 88.5 Å². The van der Waals surface area contributed by atoms with Crippen LogP contribution in [0.5, 0.6) is 0 Å². The lowest BCUT2D eigenvalue weighted by molar-refractivity contribution is 0.471. The Morgan fingerprint density at radius 2 is 1.83 bits per heavy atom. The lowest BCUT2D eigenvalue weighted by Gasteiger charge is -2.05. The first-order chi connectivity index (χ1) is 5.22. The van der Waals surface area contributed by atoms with E-state index < -0.39 is 36.3 Å². The molecule has 1 rings (SSSR count). The maximum Gasteiger partial charge on any atom is 0.270 e. The summed E-state index contributed by atoms with van der Waals surface area (Å²) in [7, 11) is -7.73. The normalized spacial score (nSPS) is 35.2. The Labute approximate surface area is 75.4 Å². The van der Waals surface area contributed by atoms with Crippen LogP contribution in [0.25, 0.3) is 0 Å². The molecule has 0 aromatic carbocycles. The van der Waals surface area contributed by atoms with E-state index in [1.54, 1.807) is 0 Å². The fourth-order valence-corrected chi connectivity index (χ4v) is 5.69. The molecule has 0 unspecified atom stereocenters. The van der Waals surface area contributed by atoms with Crippen molar-refractivity contribution >= 4 is 31.6 Å². The minimum absolute atomic E-state index is 0.390. The van der Waals surface area contributed by atoms with Crippen LogP contribution >= 0.6 is 11.6 Å². The molecule has 1 aliphatic heterocycles. The summed E-state index contributed by atoms with van der Waals surface area (Å²) in [5.41, 5.74) is 0. The Morgan fingerprint density at radius 3 is 2.00 bits per heavy atom. The second-order valence-electron chi connectivity index (χ2n) is 2.65. The third-order valence-corrected chi connectivity index (χ3v) is 5.61. The van der Waals surface area contributed by atoms with Gasteiger partial charge in [-0.25, -0.2) is 8.42 Å². The van der Waals surface area contributed by atoms with Gasteiger partial charge in [0.25, 0.3) is 10.1 Å². The van der Waals surface area contributed by atoms with Gasteiger partial charge < -0.3 is 0 Å². The van der Waals surface area contributed by atoms with Gasteiger partial charge in [0.2, 0.25) is 0 Å². The molecule has 0 radical (unpaired) electrons. The number of hydrogen-bond acceptors (Lipinski definition) is 4. The van der Waals surface area contributed by atoms with E-state index >= 15 is 0 Å². The molecule has 0 saturated carbocycles. The molecule has 0 spiro atoms. The first-order valence-electron chi connectivity index (χ1n) is 3.03. The minimum atomic E-state index is -4.33. The standard InChI is InChI=1S/C4H7ClO5S2/c5-3-1-11(6,7)2-4(3)12(8,9)10/h3-4H,1-2H2,(H,8,9,10)/t3-,4+/m0/s1. The molecular weight excluding hydrogens is 228 g/mol. The van der Waals surface area contributed by atoms with Crippen LogP contribution in [0, 0.1) is 0 Å². The number of alkyl halides is 1. The molecule has 1 fully saturated rings. The SMILES string of the molecule is O=S1(=O)C[C@@H](S(=O)(=O)O)[C@@H](Cl)C1. The van der Waals surface area contributed by atoms with Crippen molar-refractivity contribution in [1.82, 2.24) is 0 Å². The molecule has 0 bridgehead atoms. The summed E-state index contributed by atoms with van der Waals surface area (Å²) in [6, 6.07) is 0. The molecule has 0 aromatic heterocycles. The zero-order valence-electron chi connectivity index (χ0n) is 5.84. The van der Waals surface area contributed by atoms with E-state index in [1.807, 2.05) is 0 Å². The van der Waals surface area contributed by atoms with Gasteiger partial charge in [-0.3, -0.25) is 4.55 Å². The monoisotopic (exact) mass is 234 g/mol. The predicted molar refractivity (Wildman–Crippen MR) is 43.6 cm³/mol. The smallest absolute Gasteiger partial charge is 0.270 e. The predicted octanol–water partition coefficient (Wildman–Crippen LogP) is -0.721. The fourth-order valence-electron chi connectivity index (χ4n) is 1.05. The van der Waals surface area contributed by atoms with Gasteiger partial charge in [0.15, 0.2) is 9.84 Å². The van der Waals surface area contributed by atoms with Crippen LogP contribution in [0.15, 0.2) is 0 Å². The third kappa shape index (κ3) is 2.09. The fraction of sp³-hybridized carbons (Fsp3) is 1.00. The van der Waals surface area contributed by atoms with Gasteiger partial charge in [0, 0.05) is 0 Å². The van der Waals surface area contributed by atoms with E-state index in [-0.39, 0.29) is 5.75 Å². The third-order valence-electron chi connectivity index (χ3n) is 1.62. The zero-order chi connectivity index (χ0) is 9.57. The van der Waals surface area contributed by atoms with E-state index in [0.717, 1.165) is 0 Å². The van der Waals surface area contributed by atoms with Gasteiger partial charge in [0.1, 0.15) is 5.25 Å². The van der Waals surface area contributed by atoms with Crippen LogP contribution < -0.4 is 0 Å². The molecule has 2 atom stereocenters. The van der Waals surface area contributed by atoms with Crippen molar-refractivity contribution in [2.24, 2.45) is 0 Å². The largest absolute Gasteiger partial charge is 0.285 e. The number of hydrogen-bond donors (Lipinski definition) is 1. The zero-order valence-corrected chi connectivity index (χ0v) is 8.23. The van der Waals surface area contributed by atoms with Crippen LogP contribution in [0.2, 0.25) is 0 Å². The Bertz CT molecular complexity index is 368. The summed E-state index contributed by atoms with van der Waals surface area (Å²) < 4.78 is 51.3. The highest BCUT2D eigenvalue weighted by atomic mass is 35.5. The van der Waals surface area contributed by atoms with E-state index in [9.17, 15) is 16.8 Å². The van der Waals surface area contributed by atoms with Crippen LogP contribution in [0.4, 0.5) is 0 Å². The Hall–Kier alpha value is 0.150. The summed E-state index contributed by atoms with van der Waals surface area (Å²) in [5.74, 6) is -0.973. The highest BCUT2D eigenvalue weighted by molar-refractivity contribution is 7.94. The molecular formula is C4H7ClO5S2. The van der Waals surface area contributed by atoms with Crippen LogP contribution in [-0.4, -0.2) is 43.5 Å². The first kappa shape index (κ1) is 10.2. The maximum absolute atomic E-state index is 10.8. The highest BCUT2D eigenvalue weighted by Crippen LogP contribution is 2.23. The van der Waals surface area contributed by atoms with Crippen molar-refractivity contribution in [1.29, 1.82) is 0 Å². The second-order valence-corrected chi connectivity index (χ2v) is 7.00. The van der Waals surface area contributed by atoms with Crippen molar-refractivity contribution in [3.63, 3.8) is 0 Å². The summed E-state index contributed by atoms with van der Waals surface area (Å²) >= 11 is 5.43. The first-order valence-corrected chi connectivity index (χ1v) is 6.79. The second kappa shape index (κ2) is 2.83. The summed E-state index contributed by atoms with van der Waals surface area (Å²) in [6.07, 6.45) is 0. The van der Waals surface area contributed by atoms with E-state index in [0.29, 0.717) is 0 Å². The lowest BCUT2D eigenvalue weighted by Crippen LogP contribution is -2.28. The Morgan fingerprint density at radius 1 is 1.33 bits per heavy atom. The van der Waals surface area contributed by atoms with Crippen molar-refractivity contribution in [2.75, 3.05) is 11.5 Å². The molecule has 1 heterocycles. The highest BCUT2D eigenvalue weighted by Gasteiger charge is 2.43. The molecule has 0 amide bonds. The summed E-state index contributed by atoms with van der Waals surface area (Å²) in [6.45, 7) is 0. The quantitative estimate of drug-likeness (QED) is 0.478. The van der Waals surface area contributed by atoms with Gasteiger partial charge >= 0.3 is 0 Å². The molecule has 12 heavy (non-hydrogen) atoms. The molecule has 5 nitrogen and oxygen atoms in total. The molecule has 8 heteroatoms. The molecule has 1 N–H and O–H groups in total. The van der Waals surface area contributed by atoms with Gasteiger partial charge in [-0.15, -0.1) is 11.6 Å². The van der Waals surface area contributed by atoms with Gasteiger partial charge in [-0.05, 0) is 0 Å². The van der Waals surface area contributed by atoms with E-state index in [4.69, 9.17) is 16.2 Å². The maximum atomic E-state index is 10.8. The Balaban J connectivity index is 3.01. The molecule has 72 valence electrons. The average Bonchev–Trinajstić information content (AvgIpc) is 2.03. The average molecular weight is 235 g/mol. The summed E-state index contributed by atoms with van der Waals surface area (Å²) in [5, 5.41) is -2.41. The van der Waals surface area contributed by atoms with E-state index in [1.165, 1.54) is 0 Å². The molecule has 1 aliphatic rings. The molecule has 0 aromatic rings. The number of rotatable bonds is 1. The molecule has 1 saturated heterocycles. The lowest BCUT2D eigenvalue weighted by atomic mass is 10.4. The van der Waals surface area contributed by atoms with Crippen molar-refractivity contribution < 1.29 is 21.4 Å². The summed E-state index contributed by atoms with van der Waals surface area (Å²) in [4.78, 5) is 0. The van der Waals surface area contributed by atoms with Crippen molar-refractivity contribution in [3.05, 3.63) is 0 Å². The van der Waals surface area contributed by atoms with Gasteiger partial charge in [-0.2, -0.15) is 8.42 Å². The van der Waals surface area contributed by atoms with Crippen LogP contribution in [0.1, 0.15) is 0 Å². The minimum Gasteiger partial charge on any atom is -0.285 e. The van der Waals surface area contributed by atoms with Crippen LogP contribution in [-0.2, 0) is 20.0 Å². The number of halogens is 1. The van der Waals surface area contributed by atoms with Gasteiger partial charge in [-0.1, -0.05) is 0 Å². The molecule has 0 aliphatic carbocycles. The van der Waals surface area contributed by atoms with Gasteiger partial charge in [0.05, 0.1) is 16.9 Å². The van der Waals surface area contributed by atoms with E-state index in [2.05, 4.69) is 0 Å². The number of sulfone groups is 1.